The lowest BCUT2D eigenvalue weighted by atomic mass is 10.1. The Kier molecular flexibility index (Phi) is 4.57. The Labute approximate surface area is 145 Å². The summed E-state index contributed by atoms with van der Waals surface area (Å²) in [6.07, 6.45) is 1.57. The van der Waals surface area contributed by atoms with Gasteiger partial charge < -0.3 is 5.32 Å². The van der Waals surface area contributed by atoms with Gasteiger partial charge in [-0.15, -0.1) is 0 Å². The van der Waals surface area contributed by atoms with Gasteiger partial charge in [0.05, 0.1) is 16.1 Å². The van der Waals surface area contributed by atoms with Crippen LogP contribution in [0.2, 0.25) is 5.02 Å². The molecule has 0 saturated heterocycles. The summed E-state index contributed by atoms with van der Waals surface area (Å²) in [5.74, 6) is -0.119. The molecule has 0 fully saturated rings. The van der Waals surface area contributed by atoms with Crippen LogP contribution in [0, 0.1) is 0 Å². The minimum Gasteiger partial charge on any atom is -0.332 e. The van der Waals surface area contributed by atoms with Gasteiger partial charge in [-0.05, 0) is 36.4 Å². The number of rotatable bonds is 4. The normalized spacial score (nSPS) is 10.5. The predicted molar refractivity (Wildman–Crippen MR) is 94.4 cm³/mol. The summed E-state index contributed by atoms with van der Waals surface area (Å²) in [6.45, 7) is 0. The van der Waals surface area contributed by atoms with Crippen molar-refractivity contribution >= 4 is 55.5 Å². The highest BCUT2D eigenvalue weighted by atomic mass is 79.9. The number of nitrogens with one attached hydrogen (secondary N) is 1. The summed E-state index contributed by atoms with van der Waals surface area (Å²) >= 11 is 10.8. The van der Waals surface area contributed by atoms with Crippen molar-refractivity contribution in [3.05, 3.63) is 74.7 Å². The number of benzene rings is 2. The topological polar surface area (TPSA) is 42.0 Å². The van der Waals surface area contributed by atoms with Crippen molar-refractivity contribution in [1.82, 2.24) is 4.98 Å². The van der Waals surface area contributed by atoms with E-state index in [1.165, 1.54) is 11.3 Å². The zero-order chi connectivity index (χ0) is 15.5. The molecule has 0 bridgehead atoms. The molecule has 0 atom stereocenters. The molecule has 0 unspecified atom stereocenters. The largest absolute Gasteiger partial charge is 0.332 e. The molecule has 110 valence electrons. The summed E-state index contributed by atoms with van der Waals surface area (Å²) in [4.78, 5) is 17.2. The van der Waals surface area contributed by atoms with Crippen LogP contribution in [0.1, 0.15) is 15.2 Å². The Morgan fingerprint density at radius 3 is 2.59 bits per heavy atom. The zero-order valence-corrected chi connectivity index (χ0v) is 14.4. The summed E-state index contributed by atoms with van der Waals surface area (Å²) in [6, 6.07) is 14.7. The zero-order valence-electron chi connectivity index (χ0n) is 11.2. The van der Waals surface area contributed by atoms with Crippen molar-refractivity contribution in [2.75, 3.05) is 5.32 Å². The molecule has 2 aromatic carbocycles. The lowest BCUT2D eigenvalue weighted by Gasteiger charge is -2.02. The minimum atomic E-state index is -0.119. The number of thiazole rings is 1. The fourth-order valence-electron chi connectivity index (χ4n) is 1.87. The van der Waals surface area contributed by atoms with Crippen LogP contribution in [0.4, 0.5) is 10.8 Å². The fraction of sp³-hybridized carbons (Fsp3) is 0. The highest BCUT2D eigenvalue weighted by Gasteiger charge is 2.15. The lowest BCUT2D eigenvalue weighted by Crippen LogP contribution is -1.98. The number of ketones is 1. The van der Waals surface area contributed by atoms with Crippen LogP contribution in [0.5, 0.6) is 0 Å². The molecule has 0 aliphatic carbocycles. The molecule has 22 heavy (non-hydrogen) atoms. The molecule has 3 aromatic rings. The average molecular weight is 394 g/mol. The maximum atomic E-state index is 12.4. The Balaban J connectivity index is 1.80. The van der Waals surface area contributed by atoms with Gasteiger partial charge in [-0.2, -0.15) is 0 Å². The van der Waals surface area contributed by atoms with E-state index in [1.807, 2.05) is 24.3 Å². The quantitative estimate of drug-likeness (QED) is 0.592. The molecule has 3 nitrogen and oxygen atoms in total. The Morgan fingerprint density at radius 2 is 1.86 bits per heavy atom. The van der Waals surface area contributed by atoms with E-state index < -0.39 is 0 Å². The van der Waals surface area contributed by atoms with Gasteiger partial charge in [0.25, 0.3) is 0 Å². The van der Waals surface area contributed by atoms with Gasteiger partial charge in [0, 0.05) is 15.7 Å². The van der Waals surface area contributed by atoms with E-state index in [9.17, 15) is 4.79 Å². The first-order valence-corrected chi connectivity index (χ1v) is 8.40. The lowest BCUT2D eigenvalue weighted by molar-refractivity contribution is 0.104. The number of carbonyl (C=O) groups excluding carboxylic acids is 1. The molecule has 0 amide bonds. The van der Waals surface area contributed by atoms with Gasteiger partial charge >= 0.3 is 0 Å². The van der Waals surface area contributed by atoms with Gasteiger partial charge in [0.15, 0.2) is 5.13 Å². The summed E-state index contributed by atoms with van der Waals surface area (Å²) in [5, 5.41) is 4.29. The van der Waals surface area contributed by atoms with Crippen LogP contribution in [-0.4, -0.2) is 10.8 Å². The smallest absolute Gasteiger partial charge is 0.206 e. The summed E-state index contributed by atoms with van der Waals surface area (Å²) in [5.41, 5.74) is 1.40. The van der Waals surface area contributed by atoms with Crippen LogP contribution >= 0.6 is 38.9 Å². The molecule has 1 N–H and O–H groups in total. The minimum absolute atomic E-state index is 0.119. The maximum absolute atomic E-state index is 12.4. The van der Waals surface area contributed by atoms with E-state index in [0.29, 0.717) is 20.6 Å². The SMILES string of the molecule is O=C(c1cnc(Nc2ccc(Br)cc2)s1)c1ccccc1Cl. The van der Waals surface area contributed by atoms with E-state index in [0.717, 1.165) is 10.2 Å². The molecule has 0 saturated carbocycles. The van der Waals surface area contributed by atoms with Crippen LogP contribution in [0.15, 0.2) is 59.2 Å². The second-order valence-corrected chi connectivity index (χ2v) is 6.82. The number of aromatic nitrogens is 1. The summed E-state index contributed by atoms with van der Waals surface area (Å²) < 4.78 is 1.01. The maximum Gasteiger partial charge on any atom is 0.206 e. The van der Waals surface area contributed by atoms with Crippen LogP contribution < -0.4 is 5.32 Å². The van der Waals surface area contributed by atoms with Crippen molar-refractivity contribution in [1.29, 1.82) is 0 Å². The van der Waals surface area contributed by atoms with Gasteiger partial charge in [-0.25, -0.2) is 4.98 Å². The van der Waals surface area contributed by atoms with Crippen molar-refractivity contribution < 1.29 is 4.79 Å². The highest BCUT2D eigenvalue weighted by molar-refractivity contribution is 9.10. The number of nitrogens with zero attached hydrogens (tertiary/aromatic N) is 1. The molecule has 3 rings (SSSR count). The standard InChI is InChI=1S/C16H10BrClN2OS/c17-10-5-7-11(8-6-10)20-16-19-9-14(22-16)15(21)12-3-1-2-4-13(12)18/h1-9H,(H,19,20). The Hall–Kier alpha value is -1.69. The second-order valence-electron chi connectivity index (χ2n) is 4.47. The van der Waals surface area contributed by atoms with E-state index >= 15 is 0 Å². The predicted octanol–water partition coefficient (Wildman–Crippen LogP) is 5.53. The van der Waals surface area contributed by atoms with Gasteiger partial charge in [-0.3, -0.25) is 4.79 Å². The average Bonchev–Trinajstić information content (AvgIpc) is 2.98. The third-order valence-corrected chi connectivity index (χ3v) is 4.71. The first-order valence-electron chi connectivity index (χ1n) is 6.41. The molecule has 0 spiro atoms. The van der Waals surface area contributed by atoms with Crippen molar-refractivity contribution in [3.63, 3.8) is 0 Å². The van der Waals surface area contributed by atoms with Crippen molar-refractivity contribution in [3.8, 4) is 0 Å². The third kappa shape index (κ3) is 3.38. The van der Waals surface area contributed by atoms with Gasteiger partial charge in [0.2, 0.25) is 5.78 Å². The van der Waals surface area contributed by atoms with Crippen molar-refractivity contribution in [2.45, 2.75) is 0 Å². The second kappa shape index (κ2) is 6.60. The molecule has 0 aliphatic heterocycles. The van der Waals surface area contributed by atoms with Crippen LogP contribution in [-0.2, 0) is 0 Å². The molecule has 1 aromatic heterocycles. The van der Waals surface area contributed by atoms with E-state index in [4.69, 9.17) is 11.6 Å². The molecule has 0 aliphatic rings. The Morgan fingerprint density at radius 1 is 1.14 bits per heavy atom. The monoisotopic (exact) mass is 392 g/mol. The molecular weight excluding hydrogens is 384 g/mol. The van der Waals surface area contributed by atoms with Crippen molar-refractivity contribution in [2.24, 2.45) is 0 Å². The first-order chi connectivity index (χ1) is 10.6. The summed E-state index contributed by atoms with van der Waals surface area (Å²) in [7, 11) is 0. The number of hydrogen-bond donors (Lipinski definition) is 1. The third-order valence-electron chi connectivity index (χ3n) is 2.94. The highest BCUT2D eigenvalue weighted by Crippen LogP contribution is 2.27. The molecule has 1 heterocycles. The number of halogens is 2. The van der Waals surface area contributed by atoms with E-state index in [2.05, 4.69) is 26.2 Å². The number of carbonyl (C=O) groups is 1. The number of anilines is 2. The fourth-order valence-corrected chi connectivity index (χ4v) is 3.15. The molecule has 0 radical (unpaired) electrons. The van der Waals surface area contributed by atoms with Crippen LogP contribution in [0.25, 0.3) is 0 Å². The molecule has 6 heteroatoms. The van der Waals surface area contributed by atoms with E-state index in [1.54, 1.807) is 30.5 Å². The van der Waals surface area contributed by atoms with Gasteiger partial charge in [-0.1, -0.05) is 51.0 Å². The Bertz CT molecular complexity index is 817. The van der Waals surface area contributed by atoms with E-state index in [-0.39, 0.29) is 5.78 Å². The molecular formula is C16H10BrClN2OS. The van der Waals surface area contributed by atoms with Crippen LogP contribution in [0.3, 0.4) is 0 Å². The first kappa shape index (κ1) is 15.2. The number of hydrogen-bond acceptors (Lipinski definition) is 4. The van der Waals surface area contributed by atoms with Gasteiger partial charge in [0.1, 0.15) is 0 Å².